The van der Waals surface area contributed by atoms with Gasteiger partial charge in [-0.15, -0.1) is 0 Å². The molecule has 1 aliphatic rings. The minimum absolute atomic E-state index is 1.31. The first-order chi connectivity index (χ1) is 8.59. The van der Waals surface area contributed by atoms with Gasteiger partial charge in [0.1, 0.15) is 0 Å². The molecule has 1 heteroatoms. The van der Waals surface area contributed by atoms with E-state index in [0.717, 1.165) is 0 Å². The predicted octanol–water partition coefficient (Wildman–Crippen LogP) is 5.00. The molecule has 18 heavy (non-hydrogen) atoms. The maximum absolute atomic E-state index is 2.40. The second-order valence-corrected chi connectivity index (χ2v) is 10.6. The molecule has 1 aromatic carbocycles. The molecule has 0 saturated heterocycles. The van der Waals surface area contributed by atoms with Crippen LogP contribution < -0.4 is 0 Å². The first-order valence-corrected chi connectivity index (χ1v) is 9.90. The molecular formula is C17H20Si. The first kappa shape index (κ1) is 12.8. The van der Waals surface area contributed by atoms with Gasteiger partial charge in [0.15, 0.2) is 0 Å². The van der Waals surface area contributed by atoms with Crippen molar-refractivity contribution < 1.29 is 0 Å². The zero-order chi connectivity index (χ0) is 13.0. The fourth-order valence-electron chi connectivity index (χ4n) is 2.13. The van der Waals surface area contributed by atoms with Crippen molar-refractivity contribution in [2.24, 2.45) is 0 Å². The average molecular weight is 252 g/mol. The smallest absolute Gasteiger partial charge is 0.0656 e. The van der Waals surface area contributed by atoms with E-state index in [4.69, 9.17) is 0 Å². The molecule has 0 saturated carbocycles. The van der Waals surface area contributed by atoms with Gasteiger partial charge in [0.25, 0.3) is 0 Å². The van der Waals surface area contributed by atoms with Crippen LogP contribution in [0.15, 0.2) is 72.0 Å². The van der Waals surface area contributed by atoms with Gasteiger partial charge in [0.2, 0.25) is 0 Å². The average Bonchev–Trinajstić information content (AvgIpc) is 2.28. The SMILES string of the molecule is C[Si](C)(C)C1=C(c2ccccc2)/C=C\C=C/C=C\1. The Morgan fingerprint density at radius 3 is 1.94 bits per heavy atom. The third-order valence-corrected chi connectivity index (χ3v) is 5.09. The summed E-state index contributed by atoms with van der Waals surface area (Å²) < 4.78 is 0. The molecule has 0 atom stereocenters. The Labute approximate surface area is 111 Å². The Balaban J connectivity index is 2.61. The lowest BCUT2D eigenvalue weighted by Gasteiger charge is -2.22. The summed E-state index contributed by atoms with van der Waals surface area (Å²) in [5.41, 5.74) is 2.68. The Kier molecular flexibility index (Phi) is 3.83. The van der Waals surface area contributed by atoms with Gasteiger partial charge in [-0.3, -0.25) is 0 Å². The highest BCUT2D eigenvalue weighted by Gasteiger charge is 2.21. The van der Waals surface area contributed by atoms with E-state index in [1.54, 1.807) is 0 Å². The van der Waals surface area contributed by atoms with Gasteiger partial charge < -0.3 is 0 Å². The molecule has 0 spiro atoms. The van der Waals surface area contributed by atoms with Crippen LogP contribution in [-0.4, -0.2) is 8.07 Å². The van der Waals surface area contributed by atoms with Crippen molar-refractivity contribution in [3.63, 3.8) is 0 Å². The van der Waals surface area contributed by atoms with E-state index < -0.39 is 8.07 Å². The predicted molar refractivity (Wildman–Crippen MR) is 84.1 cm³/mol. The number of hydrogen-bond donors (Lipinski definition) is 0. The summed E-state index contributed by atoms with van der Waals surface area (Å²) in [7, 11) is -1.35. The van der Waals surface area contributed by atoms with E-state index in [-0.39, 0.29) is 0 Å². The minimum atomic E-state index is -1.35. The second-order valence-electron chi connectivity index (χ2n) is 5.55. The van der Waals surface area contributed by atoms with Crippen LogP contribution in [0, 0.1) is 0 Å². The van der Waals surface area contributed by atoms with Crippen LogP contribution in [-0.2, 0) is 0 Å². The van der Waals surface area contributed by atoms with E-state index in [0.29, 0.717) is 0 Å². The maximum Gasteiger partial charge on any atom is 0.0784 e. The summed E-state index contributed by atoms with van der Waals surface area (Å²) in [6, 6.07) is 10.7. The third-order valence-electron chi connectivity index (χ3n) is 3.04. The number of benzene rings is 1. The van der Waals surface area contributed by atoms with E-state index >= 15 is 0 Å². The van der Waals surface area contributed by atoms with Crippen LogP contribution in [0.25, 0.3) is 5.57 Å². The lowest BCUT2D eigenvalue weighted by Crippen LogP contribution is -2.24. The van der Waals surface area contributed by atoms with Crippen molar-refractivity contribution in [1.29, 1.82) is 0 Å². The monoisotopic (exact) mass is 252 g/mol. The molecule has 1 aliphatic carbocycles. The highest BCUT2D eigenvalue weighted by atomic mass is 28.3. The van der Waals surface area contributed by atoms with Crippen LogP contribution in [0.3, 0.4) is 0 Å². The maximum atomic E-state index is 2.40. The Morgan fingerprint density at radius 2 is 1.33 bits per heavy atom. The number of allylic oxidation sites excluding steroid dienone is 8. The van der Waals surface area contributed by atoms with Crippen LogP contribution in [0.4, 0.5) is 0 Å². The van der Waals surface area contributed by atoms with E-state index in [1.807, 2.05) is 0 Å². The lowest BCUT2D eigenvalue weighted by atomic mass is 10.0. The van der Waals surface area contributed by atoms with E-state index in [1.165, 1.54) is 16.3 Å². The van der Waals surface area contributed by atoms with Gasteiger partial charge in [-0.2, -0.15) is 0 Å². The quantitative estimate of drug-likeness (QED) is 0.650. The molecule has 0 unspecified atom stereocenters. The summed E-state index contributed by atoms with van der Waals surface area (Å²) in [6.07, 6.45) is 13.0. The normalized spacial score (nSPS) is 25.1. The highest BCUT2D eigenvalue weighted by molar-refractivity contribution is 6.84. The summed E-state index contributed by atoms with van der Waals surface area (Å²) in [5.74, 6) is 0. The minimum Gasteiger partial charge on any atom is -0.0656 e. The largest absolute Gasteiger partial charge is 0.0784 e. The molecule has 2 rings (SSSR count). The summed E-state index contributed by atoms with van der Waals surface area (Å²) in [4.78, 5) is 0. The van der Waals surface area contributed by atoms with Crippen molar-refractivity contribution >= 4 is 13.6 Å². The van der Waals surface area contributed by atoms with Gasteiger partial charge in [0.05, 0.1) is 8.07 Å². The first-order valence-electron chi connectivity index (χ1n) is 6.40. The van der Waals surface area contributed by atoms with Crippen LogP contribution >= 0.6 is 0 Å². The molecule has 0 amide bonds. The molecule has 0 N–H and O–H groups in total. The molecule has 0 radical (unpaired) electrons. The Morgan fingerprint density at radius 1 is 0.722 bits per heavy atom. The molecule has 0 fully saturated rings. The van der Waals surface area contributed by atoms with Crippen molar-refractivity contribution in [3.05, 3.63) is 77.5 Å². The van der Waals surface area contributed by atoms with Gasteiger partial charge in [0, 0.05) is 0 Å². The van der Waals surface area contributed by atoms with Crippen LogP contribution in [0.5, 0.6) is 0 Å². The zero-order valence-corrected chi connectivity index (χ0v) is 12.4. The summed E-state index contributed by atoms with van der Waals surface area (Å²) in [5, 5.41) is 1.51. The molecule has 0 heterocycles. The fraction of sp³-hybridized carbons (Fsp3) is 0.176. The Hall–Kier alpha value is -1.60. The number of rotatable bonds is 2. The van der Waals surface area contributed by atoms with Gasteiger partial charge in [-0.1, -0.05) is 91.6 Å². The van der Waals surface area contributed by atoms with Crippen molar-refractivity contribution in [2.75, 3.05) is 0 Å². The lowest BCUT2D eigenvalue weighted by molar-refractivity contribution is 1.57. The fourth-order valence-corrected chi connectivity index (χ4v) is 3.77. The van der Waals surface area contributed by atoms with Gasteiger partial charge in [-0.05, 0) is 11.1 Å². The highest BCUT2D eigenvalue weighted by Crippen LogP contribution is 2.28. The standard InChI is InChI=1S/C17H20Si/c1-18(2,3)17-14-10-5-4-9-13-16(17)15-11-7-6-8-12-15/h4-14H,1-3H3/b5-4-,9-4?,10-5?,13-9-,14-10-,16-13?,17-14?,17-16-. The van der Waals surface area contributed by atoms with E-state index in [2.05, 4.69) is 86.4 Å². The van der Waals surface area contributed by atoms with Crippen LogP contribution in [0.1, 0.15) is 5.56 Å². The molecule has 0 aliphatic heterocycles. The number of hydrogen-bond acceptors (Lipinski definition) is 0. The second kappa shape index (κ2) is 5.36. The molecule has 0 nitrogen and oxygen atoms in total. The molecular weight excluding hydrogens is 232 g/mol. The molecule has 0 aromatic heterocycles. The summed E-state index contributed by atoms with van der Waals surface area (Å²) >= 11 is 0. The third kappa shape index (κ3) is 2.99. The molecule has 0 bridgehead atoms. The van der Waals surface area contributed by atoms with Gasteiger partial charge in [-0.25, -0.2) is 0 Å². The molecule has 1 aromatic rings. The zero-order valence-electron chi connectivity index (χ0n) is 11.4. The topological polar surface area (TPSA) is 0 Å². The van der Waals surface area contributed by atoms with Crippen molar-refractivity contribution in [2.45, 2.75) is 19.6 Å². The van der Waals surface area contributed by atoms with Crippen molar-refractivity contribution in [1.82, 2.24) is 0 Å². The Bertz CT molecular complexity index is 522. The van der Waals surface area contributed by atoms with Crippen molar-refractivity contribution in [3.8, 4) is 0 Å². The molecule has 92 valence electrons. The summed E-state index contributed by atoms with van der Waals surface area (Å²) in [6.45, 7) is 7.19. The van der Waals surface area contributed by atoms with Crippen LogP contribution in [0.2, 0.25) is 19.6 Å². The van der Waals surface area contributed by atoms with E-state index in [9.17, 15) is 0 Å². The van der Waals surface area contributed by atoms with Gasteiger partial charge >= 0.3 is 0 Å².